The molecule has 0 bridgehead atoms. The number of aryl methyl sites for hydroxylation is 2. The van der Waals surface area contributed by atoms with Crippen molar-refractivity contribution in [2.24, 2.45) is 0 Å². The van der Waals surface area contributed by atoms with E-state index >= 15 is 0 Å². The lowest BCUT2D eigenvalue weighted by atomic mass is 10.0. The lowest BCUT2D eigenvalue weighted by molar-refractivity contribution is -0.140. The van der Waals surface area contributed by atoms with Crippen molar-refractivity contribution < 1.29 is 18.0 Å². The maximum absolute atomic E-state index is 14.4. The molecule has 0 spiro atoms. The van der Waals surface area contributed by atoms with Crippen LogP contribution in [0.5, 0.6) is 0 Å². The average molecular weight is 648 g/mol. The first-order chi connectivity index (χ1) is 20.2. The molecular weight excluding hydrogens is 607 g/mol. The molecule has 0 saturated heterocycles. The number of amides is 2. The van der Waals surface area contributed by atoms with E-state index < -0.39 is 28.7 Å². The van der Waals surface area contributed by atoms with Crippen LogP contribution in [0, 0.1) is 13.8 Å². The molecule has 2 amide bonds. The largest absolute Gasteiger partial charge is 0.352 e. The Bertz CT molecular complexity index is 1530. The Labute approximate surface area is 265 Å². The quantitative estimate of drug-likeness (QED) is 0.255. The van der Waals surface area contributed by atoms with Crippen molar-refractivity contribution in [1.29, 1.82) is 0 Å². The van der Waals surface area contributed by atoms with E-state index in [-0.39, 0.29) is 24.9 Å². The highest BCUT2D eigenvalue weighted by Crippen LogP contribution is 2.28. The second kappa shape index (κ2) is 15.1. The number of halogens is 2. The molecule has 8 nitrogen and oxygen atoms in total. The van der Waals surface area contributed by atoms with E-state index in [0.717, 1.165) is 19.7 Å². The Hall–Kier alpha value is -3.11. The lowest BCUT2D eigenvalue weighted by Gasteiger charge is -2.35. The molecule has 3 aromatic rings. The van der Waals surface area contributed by atoms with Gasteiger partial charge >= 0.3 is 10.2 Å². The number of nitrogens with one attached hydrogen (secondary N) is 1. The Morgan fingerprint density at radius 1 is 0.953 bits per heavy atom. The van der Waals surface area contributed by atoms with Gasteiger partial charge in [0.05, 0.1) is 5.69 Å². The summed E-state index contributed by atoms with van der Waals surface area (Å²) in [5.41, 5.74) is 3.33. The molecule has 0 aliphatic rings. The van der Waals surface area contributed by atoms with Gasteiger partial charge in [-0.1, -0.05) is 78.7 Å². The highest BCUT2D eigenvalue weighted by molar-refractivity contribution is 7.90. The van der Waals surface area contributed by atoms with Gasteiger partial charge in [0, 0.05) is 43.1 Å². The third-order valence-corrected chi connectivity index (χ3v) is 9.67. The van der Waals surface area contributed by atoms with E-state index in [0.29, 0.717) is 33.3 Å². The summed E-state index contributed by atoms with van der Waals surface area (Å²) in [4.78, 5) is 29.7. The van der Waals surface area contributed by atoms with Gasteiger partial charge in [-0.15, -0.1) is 0 Å². The van der Waals surface area contributed by atoms with E-state index in [1.807, 2.05) is 63.2 Å². The molecule has 0 aromatic heterocycles. The van der Waals surface area contributed by atoms with Crippen molar-refractivity contribution in [3.8, 4) is 0 Å². The van der Waals surface area contributed by atoms with Gasteiger partial charge in [-0.2, -0.15) is 12.7 Å². The van der Waals surface area contributed by atoms with Gasteiger partial charge in [0.15, 0.2) is 0 Å². The Balaban J connectivity index is 2.16. The molecule has 11 heteroatoms. The molecular formula is C32H40Cl2N4O4S. The normalized spacial score (nSPS) is 13.0. The highest BCUT2D eigenvalue weighted by atomic mass is 35.5. The van der Waals surface area contributed by atoms with Gasteiger partial charge in [0.25, 0.3) is 0 Å². The van der Waals surface area contributed by atoms with Crippen LogP contribution >= 0.6 is 23.2 Å². The fourth-order valence-corrected chi connectivity index (χ4v) is 6.10. The Morgan fingerprint density at radius 3 is 2.23 bits per heavy atom. The fraction of sp³-hybridized carbons (Fsp3) is 0.375. The molecule has 0 saturated carbocycles. The van der Waals surface area contributed by atoms with Crippen molar-refractivity contribution in [3.05, 3.63) is 99.0 Å². The maximum atomic E-state index is 14.4. The molecule has 43 heavy (non-hydrogen) atoms. The number of carbonyl (C=O) groups is 2. The molecule has 1 N–H and O–H groups in total. The zero-order valence-corrected chi connectivity index (χ0v) is 27.8. The molecule has 3 aromatic carbocycles. The number of rotatable bonds is 13. The smallest absolute Gasteiger partial charge is 0.304 e. The molecule has 0 heterocycles. The summed E-state index contributed by atoms with van der Waals surface area (Å²) in [6.07, 6.45) is 0.909. The number of hydrogen-bond donors (Lipinski definition) is 1. The van der Waals surface area contributed by atoms with Crippen molar-refractivity contribution in [3.63, 3.8) is 0 Å². The Morgan fingerprint density at radius 2 is 1.63 bits per heavy atom. The number of nitrogens with zero attached hydrogens (tertiary/aromatic N) is 3. The number of carbonyl (C=O) groups excluding carboxylic acids is 2. The van der Waals surface area contributed by atoms with Gasteiger partial charge < -0.3 is 10.2 Å². The summed E-state index contributed by atoms with van der Waals surface area (Å²) in [6.45, 7) is 6.93. The molecule has 0 aliphatic carbocycles. The summed E-state index contributed by atoms with van der Waals surface area (Å²) in [7, 11) is -1.26. The molecule has 0 fully saturated rings. The first-order valence-electron chi connectivity index (χ1n) is 14.1. The molecule has 0 radical (unpaired) electrons. The predicted octanol–water partition coefficient (Wildman–Crippen LogP) is 5.78. The van der Waals surface area contributed by atoms with Crippen molar-refractivity contribution in [1.82, 2.24) is 14.5 Å². The third-order valence-electron chi connectivity index (χ3n) is 7.28. The minimum Gasteiger partial charge on any atom is -0.352 e. The van der Waals surface area contributed by atoms with Crippen molar-refractivity contribution in [2.45, 2.75) is 59.2 Å². The molecule has 2 atom stereocenters. The summed E-state index contributed by atoms with van der Waals surface area (Å²) in [6, 6.07) is 18.7. The summed E-state index contributed by atoms with van der Waals surface area (Å²) >= 11 is 12.7. The summed E-state index contributed by atoms with van der Waals surface area (Å²) < 4.78 is 29.5. The molecule has 0 unspecified atom stereocenters. The second-order valence-corrected chi connectivity index (χ2v) is 13.8. The molecule has 232 valence electrons. The molecule has 0 aliphatic heterocycles. The molecule has 3 rings (SSSR count). The maximum Gasteiger partial charge on any atom is 0.304 e. The van der Waals surface area contributed by atoms with E-state index in [1.54, 1.807) is 31.2 Å². The van der Waals surface area contributed by atoms with Crippen LogP contribution < -0.4 is 9.62 Å². The van der Waals surface area contributed by atoms with Crippen LogP contribution in [0.3, 0.4) is 0 Å². The van der Waals surface area contributed by atoms with E-state index in [4.69, 9.17) is 23.2 Å². The van der Waals surface area contributed by atoms with Crippen LogP contribution in [0.4, 0.5) is 5.69 Å². The minimum absolute atomic E-state index is 0.0388. The standard InChI is InChI=1S/C32H40Cl2N4O4S/c1-7-24(4)35-32(40)30(18-25-11-9-8-10-12-25)37(20-26-15-16-27(33)19-28(26)34)31(39)21-38(43(41,42)36(5)6)29-17-22(2)13-14-23(29)3/h8-17,19,24,30H,7,18,20-21H2,1-6H3,(H,35,40)/t24-,30+/m0/s1. The zero-order chi connectivity index (χ0) is 31.9. The van der Waals surface area contributed by atoms with Gasteiger partial charge in [0.1, 0.15) is 12.6 Å². The van der Waals surface area contributed by atoms with Crippen LogP contribution in [0.2, 0.25) is 10.0 Å². The summed E-state index contributed by atoms with van der Waals surface area (Å²) in [5, 5.41) is 3.78. The van der Waals surface area contributed by atoms with Crippen LogP contribution in [-0.2, 0) is 32.8 Å². The van der Waals surface area contributed by atoms with Gasteiger partial charge in [-0.05, 0) is 67.6 Å². The second-order valence-electron chi connectivity index (χ2n) is 10.9. The van der Waals surface area contributed by atoms with Crippen molar-refractivity contribution in [2.75, 3.05) is 24.9 Å². The number of hydrogen-bond acceptors (Lipinski definition) is 4. The zero-order valence-electron chi connectivity index (χ0n) is 25.5. The van der Waals surface area contributed by atoms with Crippen LogP contribution in [-0.4, -0.2) is 62.2 Å². The van der Waals surface area contributed by atoms with Crippen LogP contribution in [0.1, 0.15) is 42.5 Å². The number of benzene rings is 3. The SMILES string of the molecule is CC[C@H](C)NC(=O)[C@@H](Cc1ccccc1)N(Cc1ccc(Cl)cc1Cl)C(=O)CN(c1cc(C)ccc1C)S(=O)(=O)N(C)C. The topological polar surface area (TPSA) is 90.0 Å². The van der Waals surface area contributed by atoms with E-state index in [1.165, 1.54) is 19.0 Å². The monoisotopic (exact) mass is 646 g/mol. The first-order valence-corrected chi connectivity index (χ1v) is 16.2. The van der Waals surface area contributed by atoms with E-state index in [9.17, 15) is 18.0 Å². The fourth-order valence-electron chi connectivity index (χ4n) is 4.52. The van der Waals surface area contributed by atoms with Crippen LogP contribution in [0.15, 0.2) is 66.7 Å². The predicted molar refractivity (Wildman–Crippen MR) is 175 cm³/mol. The third kappa shape index (κ3) is 8.95. The minimum atomic E-state index is -4.10. The summed E-state index contributed by atoms with van der Waals surface area (Å²) in [5.74, 6) is -0.900. The lowest BCUT2D eigenvalue weighted by Crippen LogP contribution is -2.55. The van der Waals surface area contributed by atoms with E-state index in [2.05, 4.69) is 5.32 Å². The Kier molecular flexibility index (Phi) is 12.0. The first kappa shape index (κ1) is 34.4. The van der Waals surface area contributed by atoms with Gasteiger partial charge in [-0.3, -0.25) is 9.59 Å². The number of anilines is 1. The average Bonchev–Trinajstić information content (AvgIpc) is 2.96. The van der Waals surface area contributed by atoms with Gasteiger partial charge in [0.2, 0.25) is 11.8 Å². The highest BCUT2D eigenvalue weighted by Gasteiger charge is 2.35. The van der Waals surface area contributed by atoms with Crippen LogP contribution in [0.25, 0.3) is 0 Å². The van der Waals surface area contributed by atoms with Crippen molar-refractivity contribution >= 4 is 50.9 Å². The van der Waals surface area contributed by atoms with Gasteiger partial charge in [-0.25, -0.2) is 4.31 Å².